The number of halogens is 4. The molecule has 0 unspecified atom stereocenters. The average molecular weight is 786 g/mol. The van der Waals surface area contributed by atoms with Crippen LogP contribution >= 0.6 is 63.7 Å². The minimum atomic E-state index is -0.662. The van der Waals surface area contributed by atoms with Gasteiger partial charge < -0.3 is 14.4 Å². The second kappa shape index (κ2) is 10.8. The van der Waals surface area contributed by atoms with Crippen LogP contribution in [0.1, 0.15) is 32.7 Å². The van der Waals surface area contributed by atoms with Crippen molar-refractivity contribution in [3.63, 3.8) is 0 Å². The van der Waals surface area contributed by atoms with Crippen molar-refractivity contribution in [3.05, 3.63) is 77.0 Å². The summed E-state index contributed by atoms with van der Waals surface area (Å²) in [4.78, 5) is 55.0. The number of nitrogens with zero attached hydrogens (tertiary/aromatic N) is 2. The monoisotopic (exact) mass is 782 g/mol. The largest absolute Gasteiger partial charge is 0.495 e. The van der Waals surface area contributed by atoms with E-state index in [1.165, 1.54) is 18.1 Å². The molecule has 12 heteroatoms. The zero-order chi connectivity index (χ0) is 28.2. The van der Waals surface area contributed by atoms with E-state index in [1.807, 2.05) is 0 Å². The number of rotatable bonds is 5. The highest BCUT2D eigenvalue weighted by Gasteiger charge is 2.42. The van der Waals surface area contributed by atoms with Gasteiger partial charge in [0.2, 0.25) is 5.91 Å². The summed E-state index contributed by atoms with van der Waals surface area (Å²) in [5.41, 5.74) is 1.99. The Labute approximate surface area is 257 Å². The lowest BCUT2D eigenvalue weighted by Crippen LogP contribution is -2.30. The number of methoxy groups -OCH3 is 1. The fraction of sp³-hybridized carbons (Fsp3) is 0.185. The molecule has 2 heterocycles. The van der Waals surface area contributed by atoms with Crippen molar-refractivity contribution < 1.29 is 28.7 Å². The molecule has 0 aromatic heterocycles. The lowest BCUT2D eigenvalue weighted by molar-refractivity contribution is -0.139. The Bertz CT molecular complexity index is 1540. The Hall–Kier alpha value is -2.54. The number of hydrogen-bond acceptors (Lipinski definition) is 6. The van der Waals surface area contributed by atoms with E-state index >= 15 is 0 Å². The lowest BCUT2D eigenvalue weighted by atomic mass is 10.1. The molecule has 5 rings (SSSR count). The van der Waals surface area contributed by atoms with Gasteiger partial charge in [0, 0.05) is 30.9 Å². The summed E-state index contributed by atoms with van der Waals surface area (Å²) in [5, 5.41) is 0. The summed E-state index contributed by atoms with van der Waals surface area (Å²) < 4.78 is 13.1. The SMILES string of the molecule is COc1ccccc1N1C[C@H](C(=O)Oc2ccc(N3C(=O)c4c(Br)c(Br)c(Br)c(Br)c4C3=O)c(C)c2)CC1=O. The molecular weight excluding hydrogens is 768 g/mol. The van der Waals surface area contributed by atoms with Gasteiger partial charge >= 0.3 is 5.97 Å². The van der Waals surface area contributed by atoms with Gasteiger partial charge in [0.25, 0.3) is 11.8 Å². The van der Waals surface area contributed by atoms with Crippen molar-refractivity contribution in [2.24, 2.45) is 5.92 Å². The van der Waals surface area contributed by atoms with Gasteiger partial charge in [-0.3, -0.25) is 19.2 Å². The minimum absolute atomic E-state index is 0.0118. The molecule has 3 aromatic rings. The van der Waals surface area contributed by atoms with Crippen LogP contribution in [0, 0.1) is 12.8 Å². The van der Waals surface area contributed by atoms with Crippen LogP contribution in [0.5, 0.6) is 11.5 Å². The first kappa shape index (κ1) is 28.0. The molecule has 200 valence electrons. The maximum absolute atomic E-state index is 13.3. The molecule has 0 radical (unpaired) electrons. The van der Waals surface area contributed by atoms with Gasteiger partial charge in [-0.05, 0) is 107 Å². The number of benzene rings is 3. The number of fused-ring (bicyclic) bond motifs is 1. The van der Waals surface area contributed by atoms with Crippen LogP contribution < -0.4 is 19.3 Å². The molecule has 8 nitrogen and oxygen atoms in total. The van der Waals surface area contributed by atoms with Gasteiger partial charge in [0.1, 0.15) is 11.5 Å². The Balaban J connectivity index is 1.35. The van der Waals surface area contributed by atoms with Crippen molar-refractivity contribution in [1.82, 2.24) is 0 Å². The fourth-order valence-electron chi connectivity index (χ4n) is 4.66. The number of carbonyl (C=O) groups excluding carboxylic acids is 4. The Morgan fingerprint density at radius 2 is 1.49 bits per heavy atom. The number of para-hydroxylation sites is 2. The highest BCUT2D eigenvalue weighted by molar-refractivity contribution is 9.15. The third-order valence-electron chi connectivity index (χ3n) is 6.56. The van der Waals surface area contributed by atoms with Crippen LogP contribution in [0.4, 0.5) is 11.4 Å². The van der Waals surface area contributed by atoms with Gasteiger partial charge in [-0.1, -0.05) is 12.1 Å². The van der Waals surface area contributed by atoms with Gasteiger partial charge in [-0.15, -0.1) is 0 Å². The maximum Gasteiger partial charge on any atom is 0.316 e. The molecule has 1 saturated heterocycles. The standard InChI is InChI=1S/C27H18Br4N2O6/c1-12-9-14(39-27(37)13-10-18(34)32(11-13)16-5-3-4-6-17(16)38-2)7-8-15(12)33-25(35)19-20(26(33)36)22(29)24(31)23(30)21(19)28/h3-9,13H,10-11H2,1-2H3/t13-/m1/s1. The first-order valence-corrected chi connectivity index (χ1v) is 14.7. The first-order valence-electron chi connectivity index (χ1n) is 11.6. The Morgan fingerprint density at radius 1 is 0.872 bits per heavy atom. The van der Waals surface area contributed by atoms with Crippen molar-refractivity contribution in [2.45, 2.75) is 13.3 Å². The third-order valence-corrected chi connectivity index (χ3v) is 11.3. The number of hydrogen-bond donors (Lipinski definition) is 0. The van der Waals surface area contributed by atoms with E-state index < -0.39 is 23.7 Å². The van der Waals surface area contributed by atoms with E-state index in [1.54, 1.807) is 43.3 Å². The molecule has 2 aliphatic heterocycles. The summed E-state index contributed by atoms with van der Waals surface area (Å²) in [7, 11) is 1.52. The molecule has 0 N–H and O–H groups in total. The van der Waals surface area contributed by atoms with E-state index in [0.717, 1.165) is 4.90 Å². The summed E-state index contributed by atoms with van der Waals surface area (Å²) in [6.45, 7) is 1.88. The van der Waals surface area contributed by atoms with Crippen LogP contribution in [0.15, 0.2) is 60.4 Å². The van der Waals surface area contributed by atoms with Gasteiger partial charge in [0.15, 0.2) is 0 Å². The Morgan fingerprint density at radius 3 is 2.08 bits per heavy atom. The summed E-state index contributed by atoms with van der Waals surface area (Å²) in [5.74, 6) is -1.59. The maximum atomic E-state index is 13.3. The fourth-order valence-corrected chi connectivity index (χ4v) is 7.12. The second-order valence-electron chi connectivity index (χ2n) is 8.90. The van der Waals surface area contributed by atoms with Crippen molar-refractivity contribution in [3.8, 4) is 11.5 Å². The number of aryl methyl sites for hydroxylation is 1. The zero-order valence-corrected chi connectivity index (χ0v) is 26.7. The predicted molar refractivity (Wildman–Crippen MR) is 159 cm³/mol. The van der Waals surface area contributed by atoms with Gasteiger partial charge in [-0.25, -0.2) is 4.90 Å². The number of ether oxygens (including phenoxy) is 2. The number of carbonyl (C=O) groups is 4. The first-order chi connectivity index (χ1) is 18.5. The molecule has 0 bridgehead atoms. The number of imide groups is 1. The Kier molecular flexibility index (Phi) is 7.75. The molecule has 2 aliphatic rings. The van der Waals surface area contributed by atoms with E-state index in [-0.39, 0.29) is 35.7 Å². The summed E-state index contributed by atoms with van der Waals surface area (Å²) in [6, 6.07) is 11.8. The van der Waals surface area contributed by atoms with Crippen molar-refractivity contribution in [2.75, 3.05) is 23.5 Å². The highest BCUT2D eigenvalue weighted by Crippen LogP contribution is 2.46. The predicted octanol–water partition coefficient (Wildman–Crippen LogP) is 6.81. The molecule has 0 aliphatic carbocycles. The van der Waals surface area contributed by atoms with Crippen LogP contribution in [-0.4, -0.2) is 37.3 Å². The van der Waals surface area contributed by atoms with E-state index in [2.05, 4.69) is 63.7 Å². The lowest BCUT2D eigenvalue weighted by Gasteiger charge is -2.19. The summed E-state index contributed by atoms with van der Waals surface area (Å²) in [6.07, 6.45) is 0.0118. The molecule has 1 atom stereocenters. The van der Waals surface area contributed by atoms with Gasteiger partial charge in [-0.2, -0.15) is 0 Å². The van der Waals surface area contributed by atoms with Crippen LogP contribution in [0.3, 0.4) is 0 Å². The third kappa shape index (κ3) is 4.75. The summed E-state index contributed by atoms with van der Waals surface area (Å²) >= 11 is 13.7. The van der Waals surface area contributed by atoms with Crippen LogP contribution in [0.25, 0.3) is 0 Å². The minimum Gasteiger partial charge on any atom is -0.495 e. The van der Waals surface area contributed by atoms with E-state index in [4.69, 9.17) is 9.47 Å². The molecule has 3 aromatic carbocycles. The molecule has 0 saturated carbocycles. The second-order valence-corrected chi connectivity index (χ2v) is 12.1. The average Bonchev–Trinajstić information content (AvgIpc) is 3.43. The van der Waals surface area contributed by atoms with Crippen molar-refractivity contribution in [1.29, 1.82) is 0 Å². The molecule has 0 spiro atoms. The molecule has 39 heavy (non-hydrogen) atoms. The topological polar surface area (TPSA) is 93.2 Å². The van der Waals surface area contributed by atoms with Crippen LogP contribution in [-0.2, 0) is 9.59 Å². The number of anilines is 2. The van der Waals surface area contributed by atoms with Crippen molar-refractivity contribution >= 4 is 98.8 Å². The number of amides is 3. The van der Waals surface area contributed by atoms with Gasteiger partial charge in [0.05, 0.1) is 35.5 Å². The number of esters is 1. The smallest absolute Gasteiger partial charge is 0.316 e. The molecule has 1 fully saturated rings. The van der Waals surface area contributed by atoms with E-state index in [0.29, 0.717) is 40.6 Å². The molecule has 3 amide bonds. The normalized spacial score (nSPS) is 16.7. The van der Waals surface area contributed by atoms with Crippen LogP contribution in [0.2, 0.25) is 0 Å². The highest BCUT2D eigenvalue weighted by atomic mass is 79.9. The van der Waals surface area contributed by atoms with E-state index in [9.17, 15) is 19.2 Å². The quantitative estimate of drug-likeness (QED) is 0.0929. The molecular formula is C27H18Br4N2O6. The zero-order valence-electron chi connectivity index (χ0n) is 20.4.